The van der Waals surface area contributed by atoms with Gasteiger partial charge in [0, 0.05) is 11.5 Å². The molecule has 0 amide bonds. The van der Waals surface area contributed by atoms with E-state index in [-0.39, 0.29) is 5.41 Å². The third-order valence-electron chi connectivity index (χ3n) is 3.29. The Balaban J connectivity index is 2.47. The molecule has 0 aliphatic heterocycles. The predicted octanol–water partition coefficient (Wildman–Crippen LogP) is 3.73. The summed E-state index contributed by atoms with van der Waals surface area (Å²) in [5.74, 6) is 2.74. The summed E-state index contributed by atoms with van der Waals surface area (Å²) in [5.41, 5.74) is 1.70. The highest BCUT2D eigenvalue weighted by Gasteiger charge is 2.33. The maximum Gasteiger partial charge on any atom is 0.196 e. The summed E-state index contributed by atoms with van der Waals surface area (Å²) in [5, 5.41) is 4.01. The summed E-state index contributed by atoms with van der Waals surface area (Å²) in [7, 11) is 0. The first-order chi connectivity index (χ1) is 8.34. The lowest BCUT2D eigenvalue weighted by atomic mass is 9.81. The van der Waals surface area contributed by atoms with Crippen molar-refractivity contribution < 1.29 is 8.94 Å². The van der Waals surface area contributed by atoms with Crippen LogP contribution >= 0.6 is 0 Å². The Bertz CT molecular complexity index is 530. The van der Waals surface area contributed by atoms with Gasteiger partial charge in [0.2, 0.25) is 0 Å². The molecular weight excluding hydrogens is 228 g/mol. The highest BCUT2D eigenvalue weighted by Crippen LogP contribution is 2.36. The molecule has 2 aromatic heterocycles. The Morgan fingerprint density at radius 2 is 1.89 bits per heavy atom. The van der Waals surface area contributed by atoms with Crippen LogP contribution in [0, 0.1) is 13.8 Å². The topological polar surface area (TPSA) is 52.1 Å². The minimum atomic E-state index is -0.283. The summed E-state index contributed by atoms with van der Waals surface area (Å²) in [6, 6.07) is 0. The maximum atomic E-state index is 5.86. The summed E-state index contributed by atoms with van der Waals surface area (Å²) >= 11 is 0. The van der Waals surface area contributed by atoms with Gasteiger partial charge in [-0.2, -0.15) is 0 Å². The molecule has 0 bridgehead atoms. The van der Waals surface area contributed by atoms with E-state index in [9.17, 15) is 0 Å². The highest BCUT2D eigenvalue weighted by atomic mass is 16.5. The molecule has 0 saturated heterocycles. The molecule has 0 saturated carbocycles. The van der Waals surface area contributed by atoms with Gasteiger partial charge in [-0.15, -0.1) is 0 Å². The first-order valence-electron chi connectivity index (χ1n) is 6.23. The van der Waals surface area contributed by atoms with Crippen molar-refractivity contribution in [1.82, 2.24) is 10.1 Å². The molecule has 18 heavy (non-hydrogen) atoms. The van der Waals surface area contributed by atoms with E-state index in [4.69, 9.17) is 8.94 Å². The molecule has 0 radical (unpaired) electrons. The highest BCUT2D eigenvalue weighted by molar-refractivity contribution is 5.36. The number of nitrogens with zero attached hydrogens (tertiary/aromatic N) is 2. The van der Waals surface area contributed by atoms with Crippen LogP contribution in [0.4, 0.5) is 0 Å². The van der Waals surface area contributed by atoms with Gasteiger partial charge in [-0.1, -0.05) is 19.0 Å². The summed E-state index contributed by atoms with van der Waals surface area (Å²) in [6.07, 6.45) is 1.81. The monoisotopic (exact) mass is 248 g/mol. The van der Waals surface area contributed by atoms with Gasteiger partial charge in [0.15, 0.2) is 5.89 Å². The zero-order chi connectivity index (χ0) is 13.5. The Morgan fingerprint density at radius 1 is 1.22 bits per heavy atom. The average molecular weight is 248 g/mol. The van der Waals surface area contributed by atoms with Crippen LogP contribution in [0.2, 0.25) is 0 Å². The number of oxazole rings is 1. The lowest BCUT2D eigenvalue weighted by Gasteiger charge is -2.21. The molecule has 4 heteroatoms. The first kappa shape index (κ1) is 12.9. The largest absolute Gasteiger partial charge is 0.445 e. The lowest BCUT2D eigenvalue weighted by Crippen LogP contribution is -2.19. The van der Waals surface area contributed by atoms with E-state index in [2.05, 4.69) is 37.8 Å². The second-order valence-electron chi connectivity index (χ2n) is 5.54. The molecule has 0 spiro atoms. The molecule has 98 valence electrons. The fourth-order valence-corrected chi connectivity index (χ4v) is 2.34. The van der Waals surface area contributed by atoms with Crippen molar-refractivity contribution in [2.75, 3.05) is 0 Å². The predicted molar refractivity (Wildman–Crippen MR) is 68.7 cm³/mol. The zero-order valence-corrected chi connectivity index (χ0v) is 11.9. The minimum Gasteiger partial charge on any atom is -0.445 e. The molecule has 0 N–H and O–H groups in total. The van der Waals surface area contributed by atoms with E-state index in [1.807, 2.05) is 13.8 Å². The van der Waals surface area contributed by atoms with E-state index in [0.29, 0.717) is 5.92 Å². The van der Waals surface area contributed by atoms with E-state index in [0.717, 1.165) is 28.7 Å². The van der Waals surface area contributed by atoms with Gasteiger partial charge in [-0.3, -0.25) is 0 Å². The molecular formula is C14H20N2O2. The van der Waals surface area contributed by atoms with Crippen molar-refractivity contribution in [3.8, 4) is 0 Å². The van der Waals surface area contributed by atoms with E-state index in [1.165, 1.54) is 0 Å². The van der Waals surface area contributed by atoms with Gasteiger partial charge >= 0.3 is 0 Å². The number of aromatic nitrogens is 2. The molecule has 0 aliphatic carbocycles. The van der Waals surface area contributed by atoms with Crippen molar-refractivity contribution in [2.45, 2.75) is 52.9 Å². The van der Waals surface area contributed by atoms with E-state index < -0.39 is 0 Å². The van der Waals surface area contributed by atoms with Crippen LogP contribution in [0.25, 0.3) is 0 Å². The van der Waals surface area contributed by atoms with Crippen LogP contribution in [0.5, 0.6) is 0 Å². The molecule has 0 aromatic carbocycles. The van der Waals surface area contributed by atoms with Crippen LogP contribution < -0.4 is 0 Å². The fourth-order valence-electron chi connectivity index (χ4n) is 2.34. The number of rotatable bonds is 3. The Morgan fingerprint density at radius 3 is 2.33 bits per heavy atom. The summed E-state index contributed by atoms with van der Waals surface area (Å²) in [6.45, 7) is 12.2. The summed E-state index contributed by atoms with van der Waals surface area (Å²) in [4.78, 5) is 4.33. The zero-order valence-electron chi connectivity index (χ0n) is 11.9. The Labute approximate surface area is 107 Å². The first-order valence-corrected chi connectivity index (χ1v) is 6.23. The van der Waals surface area contributed by atoms with Gasteiger partial charge < -0.3 is 8.94 Å². The van der Waals surface area contributed by atoms with Crippen molar-refractivity contribution in [2.24, 2.45) is 0 Å². The normalized spacial score (nSPS) is 12.4. The number of aryl methyl sites for hydroxylation is 2. The van der Waals surface area contributed by atoms with Crippen LogP contribution in [0.1, 0.15) is 62.3 Å². The van der Waals surface area contributed by atoms with Crippen molar-refractivity contribution in [1.29, 1.82) is 0 Å². The smallest absolute Gasteiger partial charge is 0.196 e. The van der Waals surface area contributed by atoms with Gasteiger partial charge in [0.1, 0.15) is 11.5 Å². The van der Waals surface area contributed by atoms with Gasteiger partial charge in [-0.25, -0.2) is 4.98 Å². The van der Waals surface area contributed by atoms with Crippen molar-refractivity contribution in [3.63, 3.8) is 0 Å². The Kier molecular flexibility index (Phi) is 3.05. The molecule has 0 atom stereocenters. The van der Waals surface area contributed by atoms with Crippen LogP contribution in [-0.2, 0) is 5.41 Å². The third-order valence-corrected chi connectivity index (χ3v) is 3.29. The molecule has 0 fully saturated rings. The van der Waals surface area contributed by atoms with E-state index in [1.54, 1.807) is 6.20 Å². The quantitative estimate of drug-likeness (QED) is 0.830. The molecule has 0 aliphatic rings. The van der Waals surface area contributed by atoms with Crippen LogP contribution in [0.3, 0.4) is 0 Å². The maximum absolute atomic E-state index is 5.86. The van der Waals surface area contributed by atoms with Crippen molar-refractivity contribution in [3.05, 3.63) is 34.9 Å². The van der Waals surface area contributed by atoms with E-state index >= 15 is 0 Å². The molecule has 4 nitrogen and oxygen atoms in total. The molecule has 0 unspecified atom stereocenters. The summed E-state index contributed by atoms with van der Waals surface area (Å²) < 4.78 is 11.1. The standard InChI is InChI=1S/C14H20N2O2/c1-8(2)13-15-7-11(17-13)14(5,6)12-9(3)16-18-10(12)4/h7-8H,1-6H3. The van der Waals surface area contributed by atoms with Crippen LogP contribution in [-0.4, -0.2) is 10.1 Å². The average Bonchev–Trinajstić information content (AvgIpc) is 2.85. The molecule has 2 aromatic rings. The third kappa shape index (κ3) is 1.96. The van der Waals surface area contributed by atoms with Gasteiger partial charge in [0.25, 0.3) is 0 Å². The molecule has 2 rings (SSSR count). The lowest BCUT2D eigenvalue weighted by molar-refractivity contribution is 0.373. The number of hydrogen-bond donors (Lipinski definition) is 0. The van der Waals surface area contributed by atoms with Crippen molar-refractivity contribution >= 4 is 0 Å². The molecule has 2 heterocycles. The second kappa shape index (κ2) is 4.26. The van der Waals surface area contributed by atoms with Gasteiger partial charge in [0.05, 0.1) is 17.3 Å². The minimum absolute atomic E-state index is 0.283. The Hall–Kier alpha value is -1.58. The van der Waals surface area contributed by atoms with Gasteiger partial charge in [-0.05, 0) is 27.7 Å². The second-order valence-corrected chi connectivity index (χ2v) is 5.54. The van der Waals surface area contributed by atoms with Crippen LogP contribution in [0.15, 0.2) is 15.1 Å². The SMILES string of the molecule is Cc1noc(C)c1C(C)(C)c1cnc(C(C)C)o1. The fraction of sp³-hybridized carbons (Fsp3) is 0.571. The number of hydrogen-bond acceptors (Lipinski definition) is 4.